The number of piperazine rings is 1. The van der Waals surface area contributed by atoms with Gasteiger partial charge in [0.05, 0.1) is 47.8 Å². The molecule has 2 N–H and O–H groups in total. The number of fused-ring (bicyclic) bond motifs is 1. The number of nitrogens with one attached hydrogen (secondary N) is 2. The van der Waals surface area contributed by atoms with Gasteiger partial charge in [0, 0.05) is 75.0 Å². The molecular weight excluding hydrogens is 805 g/mol. The number of hydrogen-bond donors (Lipinski definition) is 2. The number of carbonyl (C=O) groups is 1. The number of sulfonamides is 1. The maximum Gasteiger partial charge on any atom is 0.259 e. The molecule has 3 aromatic heterocycles. The first-order valence-corrected chi connectivity index (χ1v) is 22.0. The van der Waals surface area contributed by atoms with E-state index in [4.69, 9.17) is 19.4 Å². The molecule has 2 aliphatic heterocycles. The summed E-state index contributed by atoms with van der Waals surface area (Å²) in [6, 6.07) is 22.2. The molecule has 6 aromatic rings. The van der Waals surface area contributed by atoms with E-state index in [1.54, 1.807) is 41.9 Å². The van der Waals surface area contributed by atoms with Crippen molar-refractivity contribution in [1.82, 2.24) is 28.6 Å². The summed E-state index contributed by atoms with van der Waals surface area (Å²) in [5.41, 5.74) is 4.02. The predicted octanol–water partition coefficient (Wildman–Crippen LogP) is 7.07. The highest BCUT2D eigenvalue weighted by molar-refractivity contribution is 7.88. The van der Waals surface area contributed by atoms with Crippen LogP contribution in [-0.4, -0.2) is 108 Å². The van der Waals surface area contributed by atoms with Gasteiger partial charge in [-0.3, -0.25) is 14.1 Å². The molecule has 0 aliphatic carbocycles. The van der Waals surface area contributed by atoms with Gasteiger partial charge in [0.1, 0.15) is 34.5 Å². The van der Waals surface area contributed by atoms with Crippen LogP contribution in [0.1, 0.15) is 37.0 Å². The van der Waals surface area contributed by atoms with Crippen LogP contribution in [0.5, 0.6) is 11.5 Å². The summed E-state index contributed by atoms with van der Waals surface area (Å²) in [6.07, 6.45) is 6.44. The van der Waals surface area contributed by atoms with Gasteiger partial charge in [-0.25, -0.2) is 32.2 Å². The zero-order valence-corrected chi connectivity index (χ0v) is 35.1. The van der Waals surface area contributed by atoms with Crippen molar-refractivity contribution in [2.75, 3.05) is 68.2 Å². The van der Waals surface area contributed by atoms with Crippen molar-refractivity contribution in [2.24, 2.45) is 0 Å². The molecule has 8 rings (SSSR count). The van der Waals surface area contributed by atoms with Crippen molar-refractivity contribution in [3.8, 4) is 34.1 Å². The van der Waals surface area contributed by atoms with Crippen LogP contribution in [0.4, 0.5) is 31.8 Å². The smallest absolute Gasteiger partial charge is 0.259 e. The molecule has 0 saturated carbocycles. The summed E-state index contributed by atoms with van der Waals surface area (Å²) in [7, 11) is -1.55. The molecule has 3 aromatic carbocycles. The minimum atomic E-state index is -3.17. The van der Waals surface area contributed by atoms with Gasteiger partial charge in [-0.1, -0.05) is 12.1 Å². The molecular formula is C44H47F2N9O5S. The van der Waals surface area contributed by atoms with Gasteiger partial charge >= 0.3 is 0 Å². The minimum Gasteiger partial charge on any atom is -0.494 e. The zero-order chi connectivity index (χ0) is 42.8. The first-order chi connectivity index (χ1) is 29.4. The summed E-state index contributed by atoms with van der Waals surface area (Å²) >= 11 is 0. The number of aromatic nitrogens is 4. The van der Waals surface area contributed by atoms with E-state index in [9.17, 15) is 22.0 Å². The summed E-state index contributed by atoms with van der Waals surface area (Å²) in [4.78, 5) is 32.9. The van der Waals surface area contributed by atoms with E-state index in [2.05, 4.69) is 25.4 Å². The highest BCUT2D eigenvalue weighted by Gasteiger charge is 2.30. The number of halogens is 2. The number of amides is 1. The average molecular weight is 852 g/mol. The molecule has 2 saturated heterocycles. The number of piperidine rings is 1. The maximum absolute atomic E-state index is 14.6. The van der Waals surface area contributed by atoms with Crippen molar-refractivity contribution in [2.45, 2.75) is 38.8 Å². The molecule has 0 unspecified atom stereocenters. The Morgan fingerprint density at radius 3 is 2.33 bits per heavy atom. The Balaban J connectivity index is 1.04. The fraction of sp³-hybridized carbons (Fsp3) is 0.318. The second kappa shape index (κ2) is 17.4. The van der Waals surface area contributed by atoms with Crippen LogP contribution >= 0.6 is 0 Å². The number of hydrogen-bond acceptors (Lipinski definition) is 11. The number of nitrogens with zero attached hydrogens (tertiary/aromatic N) is 7. The number of pyridine rings is 1. The Morgan fingerprint density at radius 2 is 1.62 bits per heavy atom. The van der Waals surface area contributed by atoms with Crippen LogP contribution in [0.15, 0.2) is 91.3 Å². The lowest BCUT2D eigenvalue weighted by Gasteiger charge is -2.42. The van der Waals surface area contributed by atoms with Gasteiger partial charge in [0.25, 0.3) is 5.91 Å². The normalized spacial score (nSPS) is 15.6. The Morgan fingerprint density at radius 1 is 0.869 bits per heavy atom. The van der Waals surface area contributed by atoms with Crippen molar-refractivity contribution in [3.05, 3.63) is 108 Å². The number of benzene rings is 3. The van der Waals surface area contributed by atoms with E-state index in [0.717, 1.165) is 56.8 Å². The minimum absolute atomic E-state index is 0.0619. The predicted molar refractivity (Wildman–Crippen MR) is 231 cm³/mol. The lowest BCUT2D eigenvalue weighted by Crippen LogP contribution is -2.54. The van der Waals surface area contributed by atoms with E-state index >= 15 is 0 Å². The standard InChI is InChI=1S/C44H47F2N9O5S/c1-28(2)60-37-14-11-29(26-32(37)43(56)51-41-33(45)8-7-9-34(41)46)40-42(55-19-6-5-10-39(55)50-40)36-15-18-47-44(49-36)48-35-13-12-31(27-38(35)59-3)52-20-16-30(17-21-52)53-22-24-54(25-23-53)61(4,57)58/h5-15,18-19,26-28,30H,16-17,20-25H2,1-4H3,(H,51,56)(H,47,48,49). The Labute approximate surface area is 353 Å². The maximum atomic E-state index is 14.6. The lowest BCUT2D eigenvalue weighted by atomic mass is 10.0. The lowest BCUT2D eigenvalue weighted by molar-refractivity contribution is 0.102. The molecule has 14 nitrogen and oxygen atoms in total. The molecule has 0 atom stereocenters. The number of ether oxygens (including phenoxy) is 2. The SMILES string of the molecule is COc1cc(N2CCC(N3CCN(S(C)(=O)=O)CC3)CC2)ccc1Nc1nccc(-c2c(-c3ccc(OC(C)C)c(C(=O)Nc4c(F)cccc4F)c3)nc3ccccn23)n1. The molecule has 61 heavy (non-hydrogen) atoms. The molecule has 5 heterocycles. The number of para-hydroxylation sites is 1. The van der Waals surface area contributed by atoms with Gasteiger partial charge < -0.3 is 25.0 Å². The first-order valence-electron chi connectivity index (χ1n) is 20.1. The molecule has 1 amide bonds. The molecule has 2 aliphatic rings. The van der Waals surface area contributed by atoms with Crippen LogP contribution in [0.2, 0.25) is 0 Å². The molecule has 0 spiro atoms. The van der Waals surface area contributed by atoms with Crippen LogP contribution < -0.4 is 25.0 Å². The van der Waals surface area contributed by atoms with E-state index in [-0.39, 0.29) is 17.4 Å². The summed E-state index contributed by atoms with van der Waals surface area (Å²) in [5, 5.41) is 5.72. The van der Waals surface area contributed by atoms with Gasteiger partial charge in [0.2, 0.25) is 16.0 Å². The summed E-state index contributed by atoms with van der Waals surface area (Å²) in [6.45, 7) is 7.92. The number of imidazole rings is 1. The fourth-order valence-electron chi connectivity index (χ4n) is 7.99. The Bertz CT molecular complexity index is 2660. The van der Waals surface area contributed by atoms with E-state index in [1.165, 1.54) is 12.3 Å². The molecule has 0 radical (unpaired) electrons. The second-order valence-corrected chi connectivity index (χ2v) is 17.3. The Hall–Kier alpha value is -6.17. The monoisotopic (exact) mass is 851 g/mol. The third-order valence-corrected chi connectivity index (χ3v) is 12.3. The molecule has 0 bridgehead atoms. The summed E-state index contributed by atoms with van der Waals surface area (Å²) in [5.74, 6) is -1.41. The topological polar surface area (TPSA) is 147 Å². The number of rotatable bonds is 12. The van der Waals surface area contributed by atoms with Crippen molar-refractivity contribution >= 4 is 44.6 Å². The quantitative estimate of drug-likeness (QED) is 0.130. The zero-order valence-electron chi connectivity index (χ0n) is 34.3. The van der Waals surface area contributed by atoms with Gasteiger partial charge in [-0.05, 0) is 87.4 Å². The third-order valence-electron chi connectivity index (χ3n) is 11.0. The van der Waals surface area contributed by atoms with E-state index < -0.39 is 33.3 Å². The van der Waals surface area contributed by atoms with Crippen LogP contribution in [0.25, 0.3) is 28.3 Å². The number of anilines is 4. The van der Waals surface area contributed by atoms with Crippen molar-refractivity contribution in [3.63, 3.8) is 0 Å². The molecule has 17 heteroatoms. The molecule has 318 valence electrons. The highest BCUT2D eigenvalue weighted by atomic mass is 32.2. The largest absolute Gasteiger partial charge is 0.494 e. The highest BCUT2D eigenvalue weighted by Crippen LogP contribution is 2.37. The fourth-order valence-corrected chi connectivity index (χ4v) is 8.82. The van der Waals surface area contributed by atoms with Crippen molar-refractivity contribution < 1.29 is 31.5 Å². The average Bonchev–Trinajstić information content (AvgIpc) is 3.65. The van der Waals surface area contributed by atoms with Gasteiger partial charge in [-0.15, -0.1) is 0 Å². The second-order valence-electron chi connectivity index (χ2n) is 15.4. The van der Waals surface area contributed by atoms with E-state index in [1.807, 2.05) is 60.8 Å². The molecule has 2 fully saturated rings. The van der Waals surface area contributed by atoms with Crippen LogP contribution in [0, 0.1) is 11.6 Å². The summed E-state index contributed by atoms with van der Waals surface area (Å²) < 4.78 is 68.4. The first kappa shape index (κ1) is 41.6. The van der Waals surface area contributed by atoms with Crippen LogP contribution in [-0.2, 0) is 10.0 Å². The van der Waals surface area contributed by atoms with Gasteiger partial charge in [-0.2, -0.15) is 4.31 Å². The van der Waals surface area contributed by atoms with Gasteiger partial charge in [0.15, 0.2) is 0 Å². The number of carbonyl (C=O) groups excluding carboxylic acids is 1. The third kappa shape index (κ3) is 8.99. The van der Waals surface area contributed by atoms with Crippen LogP contribution in [0.3, 0.4) is 0 Å². The number of methoxy groups -OCH3 is 1. The van der Waals surface area contributed by atoms with Crippen molar-refractivity contribution in [1.29, 1.82) is 0 Å². The van der Waals surface area contributed by atoms with E-state index in [0.29, 0.717) is 64.8 Å². The Kier molecular flexibility index (Phi) is 11.9.